The molecule has 20 heavy (non-hydrogen) atoms. The van der Waals surface area contributed by atoms with Crippen LogP contribution in [0.3, 0.4) is 0 Å². The summed E-state index contributed by atoms with van der Waals surface area (Å²) < 4.78 is 27.6. The minimum atomic E-state index is -1.02. The van der Waals surface area contributed by atoms with E-state index < -0.39 is 23.0 Å². The number of carboxylic acids is 1. The molecule has 0 aromatic heterocycles. The second-order valence-corrected chi connectivity index (χ2v) is 5.73. The van der Waals surface area contributed by atoms with Gasteiger partial charge in [-0.05, 0) is 31.4 Å². The Bertz CT molecular complexity index is 457. The van der Waals surface area contributed by atoms with Gasteiger partial charge < -0.3 is 5.11 Å². The molecule has 0 aliphatic heterocycles. The Morgan fingerprint density at radius 2 is 1.55 bits per heavy atom. The zero-order valence-corrected chi connectivity index (χ0v) is 11.5. The first kappa shape index (κ1) is 14.9. The van der Waals surface area contributed by atoms with Crippen LogP contribution in [0.4, 0.5) is 8.78 Å². The Kier molecular flexibility index (Phi) is 4.73. The molecule has 1 saturated carbocycles. The zero-order chi connectivity index (χ0) is 14.6. The number of hydrogen-bond acceptors (Lipinski definition) is 1. The van der Waals surface area contributed by atoms with E-state index in [0.717, 1.165) is 32.1 Å². The van der Waals surface area contributed by atoms with Gasteiger partial charge in [-0.3, -0.25) is 4.79 Å². The fraction of sp³-hybridized carbons (Fsp3) is 0.562. The van der Waals surface area contributed by atoms with Crippen molar-refractivity contribution in [2.75, 3.05) is 0 Å². The van der Waals surface area contributed by atoms with Crippen molar-refractivity contribution in [3.63, 3.8) is 0 Å². The third-order valence-electron chi connectivity index (χ3n) is 4.34. The van der Waals surface area contributed by atoms with Gasteiger partial charge >= 0.3 is 5.97 Å². The SMILES string of the molecule is O=C(O)C1(Cc2c(F)cccc2F)CCCCCCC1. The lowest BCUT2D eigenvalue weighted by atomic mass is 9.72. The standard InChI is InChI=1S/C16H20F2O2/c17-13-7-6-8-14(18)12(13)11-16(15(19)20)9-4-2-1-3-5-10-16/h6-8H,1-5,9-11H2,(H,19,20). The Hall–Kier alpha value is -1.45. The fourth-order valence-electron chi connectivity index (χ4n) is 3.09. The van der Waals surface area contributed by atoms with Gasteiger partial charge in [0.05, 0.1) is 5.41 Å². The summed E-state index contributed by atoms with van der Waals surface area (Å²) in [5.41, 5.74) is -1.11. The van der Waals surface area contributed by atoms with E-state index >= 15 is 0 Å². The van der Waals surface area contributed by atoms with Crippen LogP contribution < -0.4 is 0 Å². The van der Waals surface area contributed by atoms with E-state index in [9.17, 15) is 18.7 Å². The van der Waals surface area contributed by atoms with Crippen LogP contribution in [0.1, 0.15) is 50.5 Å². The summed E-state index contributed by atoms with van der Waals surface area (Å²) in [7, 11) is 0. The first-order valence-corrected chi connectivity index (χ1v) is 7.21. The van der Waals surface area contributed by atoms with Crippen molar-refractivity contribution < 1.29 is 18.7 Å². The molecule has 0 heterocycles. The van der Waals surface area contributed by atoms with E-state index in [1.54, 1.807) is 0 Å². The van der Waals surface area contributed by atoms with Crippen LogP contribution in [0.2, 0.25) is 0 Å². The highest BCUT2D eigenvalue weighted by atomic mass is 19.1. The molecule has 0 atom stereocenters. The molecule has 110 valence electrons. The van der Waals surface area contributed by atoms with Gasteiger partial charge in [-0.1, -0.05) is 38.2 Å². The molecule has 0 bridgehead atoms. The molecule has 1 N–H and O–H groups in total. The van der Waals surface area contributed by atoms with Crippen LogP contribution in [0, 0.1) is 17.0 Å². The number of aliphatic carboxylic acids is 1. The molecule has 0 radical (unpaired) electrons. The highest BCUT2D eigenvalue weighted by Crippen LogP contribution is 2.38. The van der Waals surface area contributed by atoms with Crippen molar-refractivity contribution >= 4 is 5.97 Å². The van der Waals surface area contributed by atoms with Crippen molar-refractivity contribution in [3.05, 3.63) is 35.4 Å². The zero-order valence-electron chi connectivity index (χ0n) is 11.5. The lowest BCUT2D eigenvalue weighted by molar-refractivity contribution is -0.150. The van der Waals surface area contributed by atoms with E-state index in [1.165, 1.54) is 18.2 Å². The lowest BCUT2D eigenvalue weighted by Gasteiger charge is -2.31. The monoisotopic (exact) mass is 282 g/mol. The average Bonchev–Trinajstić information content (AvgIpc) is 2.36. The van der Waals surface area contributed by atoms with Crippen molar-refractivity contribution in [2.24, 2.45) is 5.41 Å². The molecule has 1 aliphatic carbocycles. The van der Waals surface area contributed by atoms with Gasteiger partial charge in [0.1, 0.15) is 11.6 Å². The Labute approximate surface area is 117 Å². The minimum Gasteiger partial charge on any atom is -0.481 e. The molecule has 4 heteroatoms. The first-order valence-electron chi connectivity index (χ1n) is 7.21. The number of rotatable bonds is 3. The van der Waals surface area contributed by atoms with E-state index in [0.29, 0.717) is 12.8 Å². The number of carbonyl (C=O) groups is 1. The molecule has 0 spiro atoms. The molecule has 2 nitrogen and oxygen atoms in total. The van der Waals surface area contributed by atoms with Gasteiger partial charge in [-0.15, -0.1) is 0 Å². The summed E-state index contributed by atoms with van der Waals surface area (Å²) in [5.74, 6) is -2.22. The molecule has 1 aliphatic rings. The van der Waals surface area contributed by atoms with Crippen molar-refractivity contribution in [1.82, 2.24) is 0 Å². The third kappa shape index (κ3) is 3.17. The number of hydrogen-bond donors (Lipinski definition) is 1. The van der Waals surface area contributed by atoms with Crippen LogP contribution in [-0.4, -0.2) is 11.1 Å². The van der Waals surface area contributed by atoms with Crippen molar-refractivity contribution in [2.45, 2.75) is 51.4 Å². The maximum absolute atomic E-state index is 13.8. The highest BCUT2D eigenvalue weighted by molar-refractivity contribution is 5.75. The van der Waals surface area contributed by atoms with Crippen LogP contribution in [-0.2, 0) is 11.2 Å². The highest BCUT2D eigenvalue weighted by Gasteiger charge is 2.39. The summed E-state index contributed by atoms with van der Waals surface area (Å²) in [4.78, 5) is 11.7. The molecule has 2 rings (SSSR count). The summed E-state index contributed by atoms with van der Waals surface area (Å²) >= 11 is 0. The smallest absolute Gasteiger partial charge is 0.309 e. The second kappa shape index (κ2) is 6.33. The number of halogens is 2. The van der Waals surface area contributed by atoms with Gasteiger partial charge in [-0.2, -0.15) is 0 Å². The van der Waals surface area contributed by atoms with Crippen LogP contribution >= 0.6 is 0 Å². The lowest BCUT2D eigenvalue weighted by Crippen LogP contribution is -2.34. The van der Waals surface area contributed by atoms with Crippen LogP contribution in [0.5, 0.6) is 0 Å². The van der Waals surface area contributed by atoms with Crippen LogP contribution in [0.25, 0.3) is 0 Å². The summed E-state index contributed by atoms with van der Waals surface area (Å²) in [6, 6.07) is 3.69. The molecule has 0 amide bonds. The Morgan fingerprint density at radius 3 is 2.05 bits per heavy atom. The minimum absolute atomic E-state index is 0.0547. The van der Waals surface area contributed by atoms with E-state index in [1.807, 2.05) is 0 Å². The molecular formula is C16H20F2O2. The van der Waals surface area contributed by atoms with Gasteiger partial charge in [0, 0.05) is 5.56 Å². The third-order valence-corrected chi connectivity index (χ3v) is 4.34. The number of carboxylic acid groups (broad SMARTS) is 1. The maximum atomic E-state index is 13.8. The molecule has 0 unspecified atom stereocenters. The summed E-state index contributed by atoms with van der Waals surface area (Å²) in [5, 5.41) is 9.60. The topological polar surface area (TPSA) is 37.3 Å². The predicted octanol–water partition coefficient (Wildman–Crippen LogP) is 4.32. The van der Waals surface area contributed by atoms with Crippen molar-refractivity contribution in [1.29, 1.82) is 0 Å². The van der Waals surface area contributed by atoms with E-state index in [2.05, 4.69) is 0 Å². The van der Waals surface area contributed by atoms with Crippen LogP contribution in [0.15, 0.2) is 18.2 Å². The van der Waals surface area contributed by atoms with E-state index in [4.69, 9.17) is 0 Å². The largest absolute Gasteiger partial charge is 0.481 e. The van der Waals surface area contributed by atoms with Gasteiger partial charge in [0.2, 0.25) is 0 Å². The molecule has 1 aromatic carbocycles. The Balaban J connectivity index is 2.30. The summed E-state index contributed by atoms with van der Waals surface area (Å²) in [6.07, 6.45) is 5.66. The fourth-order valence-corrected chi connectivity index (χ4v) is 3.09. The second-order valence-electron chi connectivity index (χ2n) is 5.73. The van der Waals surface area contributed by atoms with Gasteiger partial charge in [-0.25, -0.2) is 8.78 Å². The normalized spacial score (nSPS) is 19.1. The molecular weight excluding hydrogens is 262 g/mol. The Morgan fingerprint density at radius 1 is 1.05 bits per heavy atom. The maximum Gasteiger partial charge on any atom is 0.309 e. The molecule has 1 fully saturated rings. The molecule has 0 saturated heterocycles. The van der Waals surface area contributed by atoms with Crippen molar-refractivity contribution in [3.8, 4) is 0 Å². The average molecular weight is 282 g/mol. The van der Waals surface area contributed by atoms with Gasteiger partial charge in [0.15, 0.2) is 0 Å². The number of benzene rings is 1. The predicted molar refractivity (Wildman–Crippen MR) is 72.4 cm³/mol. The van der Waals surface area contributed by atoms with E-state index in [-0.39, 0.29) is 12.0 Å². The molecule has 1 aromatic rings. The first-order chi connectivity index (χ1) is 9.55. The quantitative estimate of drug-likeness (QED) is 0.896. The summed E-state index contributed by atoms with van der Waals surface area (Å²) in [6.45, 7) is 0. The van der Waals surface area contributed by atoms with Gasteiger partial charge in [0.25, 0.3) is 0 Å².